The number of aromatic nitrogens is 2. The first-order valence-corrected chi connectivity index (χ1v) is 6.71. The fourth-order valence-corrected chi connectivity index (χ4v) is 2.06. The fourth-order valence-electron chi connectivity index (χ4n) is 2.06. The van der Waals surface area contributed by atoms with E-state index >= 15 is 0 Å². The number of nitriles is 1. The van der Waals surface area contributed by atoms with E-state index in [1.165, 1.54) is 5.56 Å². The second-order valence-electron chi connectivity index (χ2n) is 4.79. The van der Waals surface area contributed by atoms with Gasteiger partial charge in [-0.15, -0.1) is 0 Å². The van der Waals surface area contributed by atoms with E-state index in [1.807, 2.05) is 25.1 Å². The first-order valence-electron chi connectivity index (χ1n) is 6.71. The largest absolute Gasteiger partial charge is 0.383 e. The second-order valence-corrected chi connectivity index (χ2v) is 4.79. The summed E-state index contributed by atoms with van der Waals surface area (Å²) in [5, 5.41) is 16.7. The molecule has 104 valence electrons. The Bertz CT molecular complexity index is 636. The first-order chi connectivity index (χ1) is 9.65. The van der Waals surface area contributed by atoms with Gasteiger partial charge >= 0.3 is 0 Å². The van der Waals surface area contributed by atoms with Crippen LogP contribution in [0.3, 0.4) is 0 Å². The molecule has 0 saturated heterocycles. The van der Waals surface area contributed by atoms with Crippen molar-refractivity contribution in [3.63, 3.8) is 0 Å². The number of benzene rings is 1. The van der Waals surface area contributed by atoms with Crippen molar-refractivity contribution < 1.29 is 0 Å². The zero-order chi connectivity index (χ0) is 14.5. The van der Waals surface area contributed by atoms with Crippen LogP contribution in [0.25, 0.3) is 0 Å². The molecule has 0 unspecified atom stereocenters. The summed E-state index contributed by atoms with van der Waals surface area (Å²) in [6.07, 6.45) is 0.968. The lowest BCUT2D eigenvalue weighted by molar-refractivity contribution is 0.697. The van der Waals surface area contributed by atoms with E-state index in [0.29, 0.717) is 23.7 Å². The number of nitrogens with one attached hydrogen (secondary N) is 1. The van der Waals surface area contributed by atoms with Crippen molar-refractivity contribution in [3.05, 3.63) is 41.0 Å². The van der Waals surface area contributed by atoms with Crippen molar-refractivity contribution in [1.29, 1.82) is 5.26 Å². The van der Waals surface area contributed by atoms with Gasteiger partial charge in [-0.3, -0.25) is 0 Å². The zero-order valence-corrected chi connectivity index (χ0v) is 11.8. The lowest BCUT2D eigenvalue weighted by atomic mass is 10.1. The maximum Gasteiger partial charge on any atom is 0.168 e. The average molecular weight is 269 g/mol. The molecular weight excluding hydrogens is 250 g/mol. The van der Waals surface area contributed by atoms with E-state index < -0.39 is 0 Å². The summed E-state index contributed by atoms with van der Waals surface area (Å²) in [6, 6.07) is 10.3. The number of aryl methyl sites for hydroxylation is 1. The lowest BCUT2D eigenvalue weighted by Crippen LogP contribution is -2.07. The van der Waals surface area contributed by atoms with Crippen molar-refractivity contribution in [3.8, 4) is 6.07 Å². The Labute approximate surface area is 119 Å². The molecule has 0 amide bonds. The predicted octanol–water partition coefficient (Wildman–Crippen LogP) is 2.52. The number of nitrogen functional groups attached to an aromatic ring is 1. The normalized spacial score (nSPS) is 10.2. The molecule has 0 fully saturated rings. The highest BCUT2D eigenvalue weighted by molar-refractivity contribution is 5.63. The van der Waals surface area contributed by atoms with Crippen molar-refractivity contribution in [1.82, 2.24) is 9.78 Å². The van der Waals surface area contributed by atoms with E-state index in [0.717, 1.165) is 18.5 Å². The van der Waals surface area contributed by atoms with Gasteiger partial charge in [0.1, 0.15) is 17.5 Å². The van der Waals surface area contributed by atoms with E-state index in [4.69, 9.17) is 5.73 Å². The molecule has 0 atom stereocenters. The fraction of sp³-hybridized carbons (Fsp3) is 0.333. The summed E-state index contributed by atoms with van der Waals surface area (Å²) >= 11 is 0. The van der Waals surface area contributed by atoms with Crippen LogP contribution in [0.15, 0.2) is 24.3 Å². The lowest BCUT2D eigenvalue weighted by Gasteiger charge is -2.05. The third-order valence-corrected chi connectivity index (χ3v) is 3.06. The van der Waals surface area contributed by atoms with Crippen molar-refractivity contribution >= 4 is 11.6 Å². The van der Waals surface area contributed by atoms with Gasteiger partial charge in [-0.05, 0) is 18.9 Å². The highest BCUT2D eigenvalue weighted by Gasteiger charge is 2.15. The molecule has 1 aromatic heterocycles. The van der Waals surface area contributed by atoms with Crippen molar-refractivity contribution in [2.75, 3.05) is 17.6 Å². The Balaban J connectivity index is 2.28. The molecule has 0 radical (unpaired) electrons. The number of hydrogen-bond acceptors (Lipinski definition) is 4. The van der Waals surface area contributed by atoms with Crippen LogP contribution in [0.1, 0.15) is 30.0 Å². The number of nitrogens with zero attached hydrogens (tertiary/aromatic N) is 3. The summed E-state index contributed by atoms with van der Waals surface area (Å²) in [7, 11) is 0. The molecule has 3 N–H and O–H groups in total. The summed E-state index contributed by atoms with van der Waals surface area (Å²) in [4.78, 5) is 0. The Morgan fingerprint density at radius 1 is 1.45 bits per heavy atom. The van der Waals surface area contributed by atoms with Crippen molar-refractivity contribution in [2.45, 2.75) is 26.8 Å². The molecule has 5 nitrogen and oxygen atoms in total. The Hall–Kier alpha value is -2.48. The van der Waals surface area contributed by atoms with Gasteiger partial charge in [-0.25, -0.2) is 4.68 Å². The number of nitrogens with two attached hydrogens (primary N) is 1. The van der Waals surface area contributed by atoms with Crippen LogP contribution >= 0.6 is 0 Å². The highest BCUT2D eigenvalue weighted by Crippen LogP contribution is 2.21. The van der Waals surface area contributed by atoms with Crippen LogP contribution < -0.4 is 11.1 Å². The molecule has 0 spiro atoms. The first kappa shape index (κ1) is 13.9. The topological polar surface area (TPSA) is 79.7 Å². The van der Waals surface area contributed by atoms with E-state index in [9.17, 15) is 5.26 Å². The average Bonchev–Trinajstić information content (AvgIpc) is 2.72. The van der Waals surface area contributed by atoms with E-state index in [2.05, 4.69) is 29.5 Å². The zero-order valence-electron chi connectivity index (χ0n) is 11.8. The second kappa shape index (κ2) is 6.11. The monoisotopic (exact) mass is 269 g/mol. The van der Waals surface area contributed by atoms with Crippen LogP contribution in [0.4, 0.5) is 11.6 Å². The third-order valence-electron chi connectivity index (χ3n) is 3.06. The minimum absolute atomic E-state index is 0.410. The number of hydrogen-bond donors (Lipinski definition) is 2. The highest BCUT2D eigenvalue weighted by atomic mass is 15.3. The van der Waals surface area contributed by atoms with Crippen LogP contribution in [0.5, 0.6) is 0 Å². The van der Waals surface area contributed by atoms with Gasteiger partial charge in [-0.2, -0.15) is 10.4 Å². The van der Waals surface area contributed by atoms with Crippen LogP contribution in [0, 0.1) is 18.3 Å². The number of anilines is 2. The van der Waals surface area contributed by atoms with E-state index in [-0.39, 0.29) is 0 Å². The molecular formula is C15H19N5. The van der Waals surface area contributed by atoms with Crippen LogP contribution in [-0.2, 0) is 6.54 Å². The summed E-state index contributed by atoms with van der Waals surface area (Å²) in [5.74, 6) is 0.979. The molecule has 5 heteroatoms. The molecule has 0 saturated carbocycles. The summed E-state index contributed by atoms with van der Waals surface area (Å²) in [5.41, 5.74) is 8.74. The van der Waals surface area contributed by atoms with Crippen LogP contribution in [0.2, 0.25) is 0 Å². The third kappa shape index (κ3) is 2.91. The molecule has 2 aromatic rings. The van der Waals surface area contributed by atoms with Gasteiger partial charge in [0.15, 0.2) is 5.82 Å². The molecule has 0 aliphatic carbocycles. The predicted molar refractivity (Wildman–Crippen MR) is 80.4 cm³/mol. The summed E-state index contributed by atoms with van der Waals surface area (Å²) < 4.78 is 1.67. The Kier molecular flexibility index (Phi) is 4.26. The van der Waals surface area contributed by atoms with Gasteiger partial charge < -0.3 is 11.1 Å². The van der Waals surface area contributed by atoms with Gasteiger partial charge in [-0.1, -0.05) is 36.8 Å². The van der Waals surface area contributed by atoms with Crippen molar-refractivity contribution in [2.24, 2.45) is 0 Å². The maximum absolute atomic E-state index is 9.20. The van der Waals surface area contributed by atoms with E-state index in [1.54, 1.807) is 4.68 Å². The molecule has 0 bridgehead atoms. The van der Waals surface area contributed by atoms with Gasteiger partial charge in [0.05, 0.1) is 6.54 Å². The molecule has 1 aromatic carbocycles. The molecule has 0 aliphatic rings. The molecule has 2 rings (SSSR count). The maximum atomic E-state index is 9.20. The van der Waals surface area contributed by atoms with Gasteiger partial charge in [0.25, 0.3) is 0 Å². The van der Waals surface area contributed by atoms with Gasteiger partial charge in [0.2, 0.25) is 0 Å². The number of rotatable bonds is 5. The van der Waals surface area contributed by atoms with Crippen LogP contribution in [-0.4, -0.2) is 16.3 Å². The Morgan fingerprint density at radius 3 is 2.90 bits per heavy atom. The Morgan fingerprint density at radius 2 is 2.25 bits per heavy atom. The molecule has 1 heterocycles. The molecule has 0 aliphatic heterocycles. The minimum atomic E-state index is 0.410. The molecule has 20 heavy (non-hydrogen) atoms. The quantitative estimate of drug-likeness (QED) is 0.874. The minimum Gasteiger partial charge on any atom is -0.383 e. The van der Waals surface area contributed by atoms with Gasteiger partial charge in [0, 0.05) is 6.54 Å². The summed E-state index contributed by atoms with van der Waals surface area (Å²) in [6.45, 7) is 5.45. The SMILES string of the molecule is CCCNc1nn(Cc2cccc(C)c2)c(N)c1C#N. The standard InChI is InChI=1S/C15H19N5/c1-3-7-18-15-13(9-16)14(17)20(19-15)10-12-6-4-5-11(2)8-12/h4-6,8H,3,7,10,17H2,1-2H3,(H,18,19). The smallest absolute Gasteiger partial charge is 0.168 e.